The van der Waals surface area contributed by atoms with Crippen LogP contribution in [0.5, 0.6) is 11.5 Å². The molecule has 0 saturated carbocycles. The predicted octanol–water partition coefficient (Wildman–Crippen LogP) is 7.69. The Labute approximate surface area is 210 Å². The van der Waals surface area contributed by atoms with Gasteiger partial charge in [0.25, 0.3) is 0 Å². The van der Waals surface area contributed by atoms with Crippen molar-refractivity contribution in [2.75, 3.05) is 13.2 Å². The van der Waals surface area contributed by atoms with E-state index >= 15 is 0 Å². The van der Waals surface area contributed by atoms with Gasteiger partial charge < -0.3 is 9.47 Å². The van der Waals surface area contributed by atoms with Gasteiger partial charge in [0.2, 0.25) is 0 Å². The fourth-order valence-electron chi connectivity index (χ4n) is 4.00. The summed E-state index contributed by atoms with van der Waals surface area (Å²) in [5.74, 6) is 1.65. The van der Waals surface area contributed by atoms with E-state index in [-0.39, 0.29) is 0 Å². The molecule has 178 valence electrons. The average molecular weight is 474 g/mol. The van der Waals surface area contributed by atoms with Crippen molar-refractivity contribution in [1.29, 1.82) is 0 Å². The van der Waals surface area contributed by atoms with Crippen LogP contribution in [0.25, 0.3) is 21.8 Å². The highest BCUT2D eigenvalue weighted by Gasteiger charge is 2.04. The molecule has 0 aliphatic heterocycles. The number of fused-ring (bicyclic) bond motifs is 2. The number of ether oxygens (including phenoxy) is 2. The zero-order valence-electron chi connectivity index (χ0n) is 20.4. The first-order valence-corrected chi connectivity index (χ1v) is 12.1. The first-order valence-electron chi connectivity index (χ1n) is 12.1. The van der Waals surface area contributed by atoms with E-state index in [1.165, 1.54) is 0 Å². The van der Waals surface area contributed by atoms with E-state index in [1.54, 1.807) is 0 Å². The molecule has 0 atom stereocenters. The lowest BCUT2D eigenvalue weighted by Gasteiger charge is -2.07. The van der Waals surface area contributed by atoms with Crippen LogP contribution in [-0.4, -0.2) is 30.6 Å². The van der Waals surface area contributed by atoms with Crippen molar-refractivity contribution in [2.24, 2.45) is 9.98 Å². The summed E-state index contributed by atoms with van der Waals surface area (Å²) >= 11 is 0. The molecule has 5 heteroatoms. The van der Waals surface area contributed by atoms with Crippen molar-refractivity contribution in [3.8, 4) is 11.5 Å². The number of nitrogens with zero attached hydrogens (tertiary/aromatic N) is 3. The van der Waals surface area contributed by atoms with Gasteiger partial charge in [-0.1, -0.05) is 36.4 Å². The van der Waals surface area contributed by atoms with E-state index in [0.717, 1.165) is 55.8 Å². The van der Waals surface area contributed by atoms with Crippen LogP contribution in [0.3, 0.4) is 0 Å². The van der Waals surface area contributed by atoms with Crippen LogP contribution in [-0.2, 0) is 0 Å². The molecule has 0 saturated heterocycles. The van der Waals surface area contributed by atoms with E-state index in [2.05, 4.69) is 28.2 Å². The fraction of sp³-hybridized carbons (Fsp3) is 0.129. The molecule has 36 heavy (non-hydrogen) atoms. The van der Waals surface area contributed by atoms with Crippen LogP contribution in [0.2, 0.25) is 0 Å². The van der Waals surface area contributed by atoms with Gasteiger partial charge in [0.15, 0.2) is 0 Å². The second kappa shape index (κ2) is 10.8. The predicted molar refractivity (Wildman–Crippen MR) is 149 cm³/mol. The van der Waals surface area contributed by atoms with Crippen molar-refractivity contribution in [1.82, 2.24) is 4.98 Å². The summed E-state index contributed by atoms with van der Waals surface area (Å²) < 4.78 is 11.4. The van der Waals surface area contributed by atoms with Crippen LogP contribution in [0.1, 0.15) is 25.0 Å². The number of aromatic nitrogens is 1. The summed E-state index contributed by atoms with van der Waals surface area (Å²) in [6.45, 7) is 5.18. The van der Waals surface area contributed by atoms with Gasteiger partial charge in [0.05, 0.1) is 35.6 Å². The lowest BCUT2D eigenvalue weighted by Crippen LogP contribution is -1.95. The number of hydrogen-bond donors (Lipinski definition) is 0. The fourth-order valence-corrected chi connectivity index (χ4v) is 4.00. The van der Waals surface area contributed by atoms with Gasteiger partial charge in [-0.15, -0.1) is 0 Å². The Hall–Kier alpha value is -4.51. The Bertz CT molecular complexity index is 1460. The molecule has 1 heterocycles. The van der Waals surface area contributed by atoms with E-state index in [0.29, 0.717) is 13.2 Å². The van der Waals surface area contributed by atoms with Gasteiger partial charge in [-0.25, -0.2) is 4.98 Å². The van der Waals surface area contributed by atoms with Gasteiger partial charge in [-0.3, -0.25) is 9.98 Å². The van der Waals surface area contributed by atoms with Gasteiger partial charge in [-0.2, -0.15) is 0 Å². The highest BCUT2D eigenvalue weighted by atomic mass is 16.5. The molecule has 0 N–H and O–H groups in total. The third-order valence-electron chi connectivity index (χ3n) is 5.72. The molecule has 0 aliphatic carbocycles. The normalized spacial score (nSPS) is 11.6. The Morgan fingerprint density at radius 2 is 1.08 bits per heavy atom. The molecule has 1 aromatic heterocycles. The van der Waals surface area contributed by atoms with Crippen LogP contribution < -0.4 is 9.47 Å². The van der Waals surface area contributed by atoms with Gasteiger partial charge >= 0.3 is 0 Å². The van der Waals surface area contributed by atoms with Crippen molar-refractivity contribution < 1.29 is 9.47 Å². The quantitative estimate of drug-likeness (QED) is 0.171. The molecule has 0 amide bonds. The molecule has 4 aromatic carbocycles. The standard InChI is InChI=1S/C31H27N3O2/c1-3-35-30-11-7-5-9-24(30)20-32-26-15-13-22-17-23-14-16-27(19-29(23)34-28(22)18-26)33-21-25-10-6-8-12-31(25)36-4-2/h5-21H,3-4H2,1-2H3. The van der Waals surface area contributed by atoms with Crippen molar-refractivity contribution in [2.45, 2.75) is 13.8 Å². The number of rotatable bonds is 8. The minimum Gasteiger partial charge on any atom is -0.493 e. The molecule has 0 radical (unpaired) electrons. The van der Waals surface area contributed by atoms with Crippen molar-refractivity contribution >= 4 is 45.6 Å². The molecular formula is C31H27N3O2. The Balaban J connectivity index is 1.44. The third-order valence-corrected chi connectivity index (χ3v) is 5.72. The highest BCUT2D eigenvalue weighted by molar-refractivity contribution is 5.96. The first kappa shape index (κ1) is 23.2. The van der Waals surface area contributed by atoms with E-state index in [4.69, 9.17) is 14.5 Å². The zero-order chi connectivity index (χ0) is 24.7. The molecule has 5 rings (SSSR count). The Morgan fingerprint density at radius 1 is 0.611 bits per heavy atom. The molecule has 0 unspecified atom stereocenters. The second-order valence-corrected chi connectivity index (χ2v) is 8.20. The monoisotopic (exact) mass is 473 g/mol. The maximum Gasteiger partial charge on any atom is 0.128 e. The largest absolute Gasteiger partial charge is 0.493 e. The average Bonchev–Trinajstić information content (AvgIpc) is 2.91. The summed E-state index contributed by atoms with van der Waals surface area (Å²) in [5, 5.41) is 2.14. The van der Waals surface area contributed by atoms with E-state index in [1.807, 2.05) is 99.1 Å². The SMILES string of the molecule is CCOc1ccccc1C=Nc1ccc2cc3ccc(N=Cc4ccccc4OCC)cc3nc2c1. The first-order chi connectivity index (χ1) is 17.7. The molecular weight excluding hydrogens is 446 g/mol. The van der Waals surface area contributed by atoms with Crippen molar-refractivity contribution in [3.05, 3.63) is 102 Å². The summed E-state index contributed by atoms with van der Waals surface area (Å²) in [4.78, 5) is 14.3. The highest BCUT2D eigenvalue weighted by Crippen LogP contribution is 2.27. The number of hydrogen-bond acceptors (Lipinski definition) is 5. The van der Waals surface area contributed by atoms with Crippen LogP contribution >= 0.6 is 0 Å². The smallest absolute Gasteiger partial charge is 0.128 e. The topological polar surface area (TPSA) is 56.1 Å². The second-order valence-electron chi connectivity index (χ2n) is 8.20. The van der Waals surface area contributed by atoms with Crippen molar-refractivity contribution in [3.63, 3.8) is 0 Å². The molecule has 0 bridgehead atoms. The summed E-state index contributed by atoms with van der Waals surface area (Å²) in [6.07, 6.45) is 3.67. The van der Waals surface area contributed by atoms with E-state index < -0.39 is 0 Å². The Morgan fingerprint density at radius 3 is 1.56 bits per heavy atom. The minimum absolute atomic E-state index is 0.614. The Kier molecular flexibility index (Phi) is 6.99. The van der Waals surface area contributed by atoms with Gasteiger partial charge in [-0.05, 0) is 68.4 Å². The zero-order valence-corrected chi connectivity index (χ0v) is 20.4. The number of aliphatic imine (C=N–C) groups is 2. The number of para-hydroxylation sites is 2. The molecule has 0 fully saturated rings. The lowest BCUT2D eigenvalue weighted by molar-refractivity contribution is 0.339. The molecule has 5 aromatic rings. The minimum atomic E-state index is 0.614. The van der Waals surface area contributed by atoms with E-state index in [9.17, 15) is 0 Å². The number of pyridine rings is 1. The summed E-state index contributed by atoms with van der Waals surface area (Å²) in [6, 6.07) is 30.1. The molecule has 0 spiro atoms. The summed E-state index contributed by atoms with van der Waals surface area (Å²) in [5.41, 5.74) is 5.33. The van der Waals surface area contributed by atoms with Crippen LogP contribution in [0, 0.1) is 0 Å². The number of benzene rings is 4. The van der Waals surface area contributed by atoms with Gasteiger partial charge in [0.1, 0.15) is 11.5 Å². The maximum atomic E-state index is 5.70. The third kappa shape index (κ3) is 5.26. The summed E-state index contributed by atoms with van der Waals surface area (Å²) in [7, 11) is 0. The van der Waals surface area contributed by atoms with Crippen LogP contribution in [0.4, 0.5) is 11.4 Å². The molecule has 5 nitrogen and oxygen atoms in total. The van der Waals surface area contributed by atoms with Gasteiger partial charge in [0, 0.05) is 34.3 Å². The lowest BCUT2D eigenvalue weighted by atomic mass is 10.1. The van der Waals surface area contributed by atoms with Crippen LogP contribution in [0.15, 0.2) is 101 Å². The molecule has 0 aliphatic rings. The maximum absolute atomic E-state index is 5.70.